The monoisotopic (exact) mass is 241 g/mol. The number of amides is 1. The molecule has 0 saturated carbocycles. The third-order valence-electron chi connectivity index (χ3n) is 3.41. The van der Waals surface area contributed by atoms with Crippen LogP contribution in [-0.2, 0) is 4.79 Å². The van der Waals surface area contributed by atoms with E-state index in [-0.39, 0.29) is 5.91 Å². The molecule has 4 heteroatoms. The number of carbonyl (C=O) groups excluding carboxylic acids is 1. The average molecular weight is 241 g/mol. The van der Waals surface area contributed by atoms with E-state index in [9.17, 15) is 4.79 Å². The molecule has 1 amide bonds. The van der Waals surface area contributed by atoms with Crippen molar-refractivity contribution in [1.82, 2.24) is 15.1 Å². The fraction of sp³-hybridized carbons (Fsp3) is 0.923. The van der Waals surface area contributed by atoms with E-state index in [4.69, 9.17) is 0 Å². The van der Waals surface area contributed by atoms with E-state index in [2.05, 4.69) is 17.1 Å². The molecule has 1 heterocycles. The molecule has 1 rings (SSSR count). The maximum atomic E-state index is 11.6. The minimum Gasteiger partial charge on any atom is -0.348 e. The van der Waals surface area contributed by atoms with Crippen molar-refractivity contribution in [3.05, 3.63) is 0 Å². The first kappa shape index (κ1) is 14.5. The summed E-state index contributed by atoms with van der Waals surface area (Å²) in [5.74, 6) is 0.211. The first-order valence-corrected chi connectivity index (χ1v) is 6.79. The average Bonchev–Trinajstić information content (AvgIpc) is 2.31. The Morgan fingerprint density at radius 3 is 2.53 bits per heavy atom. The zero-order valence-electron chi connectivity index (χ0n) is 11.5. The Kier molecular flexibility index (Phi) is 6.52. The Bertz CT molecular complexity index is 223. The second kappa shape index (κ2) is 7.67. The number of hydrogen-bond acceptors (Lipinski definition) is 3. The molecule has 0 bridgehead atoms. The van der Waals surface area contributed by atoms with Crippen LogP contribution in [0.3, 0.4) is 0 Å². The van der Waals surface area contributed by atoms with Crippen molar-refractivity contribution in [3.8, 4) is 0 Å². The van der Waals surface area contributed by atoms with Gasteiger partial charge >= 0.3 is 0 Å². The number of nitrogens with one attached hydrogen (secondary N) is 1. The van der Waals surface area contributed by atoms with Crippen molar-refractivity contribution in [3.63, 3.8) is 0 Å². The standard InChI is InChI=1S/C13H27N3O/c1-4-5-8-14-12-6-9-16(10-7-12)11-13(17)15(2)3/h12,14H,4-11H2,1-3H3. The topological polar surface area (TPSA) is 35.6 Å². The Morgan fingerprint density at radius 2 is 2.00 bits per heavy atom. The highest BCUT2D eigenvalue weighted by Gasteiger charge is 2.20. The van der Waals surface area contributed by atoms with Crippen LogP contribution in [-0.4, -0.2) is 62.0 Å². The number of rotatable bonds is 6. The first-order valence-electron chi connectivity index (χ1n) is 6.79. The predicted molar refractivity (Wildman–Crippen MR) is 71.1 cm³/mol. The molecular formula is C13H27N3O. The second-order valence-corrected chi connectivity index (χ2v) is 5.15. The van der Waals surface area contributed by atoms with E-state index in [0.29, 0.717) is 12.6 Å². The predicted octanol–water partition coefficient (Wildman–Crippen LogP) is 0.929. The van der Waals surface area contributed by atoms with Gasteiger partial charge in [0.15, 0.2) is 0 Å². The summed E-state index contributed by atoms with van der Waals surface area (Å²) in [5, 5.41) is 3.60. The maximum absolute atomic E-state index is 11.6. The van der Waals surface area contributed by atoms with Crippen LogP contribution >= 0.6 is 0 Å². The molecule has 0 aromatic heterocycles. The highest BCUT2D eigenvalue weighted by Crippen LogP contribution is 2.10. The number of piperidine rings is 1. The fourth-order valence-corrected chi connectivity index (χ4v) is 2.11. The van der Waals surface area contributed by atoms with Crippen LogP contribution < -0.4 is 5.32 Å². The number of carbonyl (C=O) groups is 1. The zero-order valence-corrected chi connectivity index (χ0v) is 11.5. The van der Waals surface area contributed by atoms with Gasteiger partial charge in [-0.2, -0.15) is 0 Å². The van der Waals surface area contributed by atoms with E-state index >= 15 is 0 Å². The molecule has 100 valence electrons. The third-order valence-corrected chi connectivity index (χ3v) is 3.41. The largest absolute Gasteiger partial charge is 0.348 e. The summed E-state index contributed by atoms with van der Waals surface area (Å²) in [6.45, 7) is 6.02. The summed E-state index contributed by atoms with van der Waals surface area (Å²) in [5.41, 5.74) is 0. The Hall–Kier alpha value is -0.610. The quantitative estimate of drug-likeness (QED) is 0.703. The van der Waals surface area contributed by atoms with E-state index in [1.807, 2.05) is 14.1 Å². The molecule has 0 aromatic rings. The van der Waals surface area contributed by atoms with Crippen molar-refractivity contribution in [2.45, 2.75) is 38.6 Å². The van der Waals surface area contributed by atoms with Crippen molar-refractivity contribution in [2.75, 3.05) is 40.3 Å². The number of likely N-dealkylation sites (N-methyl/N-ethyl adjacent to an activating group) is 1. The van der Waals surface area contributed by atoms with Gasteiger partial charge < -0.3 is 10.2 Å². The van der Waals surface area contributed by atoms with Gasteiger partial charge in [-0.15, -0.1) is 0 Å². The van der Waals surface area contributed by atoms with Gasteiger partial charge in [0.2, 0.25) is 5.91 Å². The van der Waals surface area contributed by atoms with E-state index < -0.39 is 0 Å². The van der Waals surface area contributed by atoms with E-state index in [1.54, 1.807) is 4.90 Å². The molecular weight excluding hydrogens is 214 g/mol. The van der Waals surface area contributed by atoms with Gasteiger partial charge in [-0.25, -0.2) is 0 Å². The van der Waals surface area contributed by atoms with E-state index in [1.165, 1.54) is 25.7 Å². The molecule has 1 saturated heterocycles. The number of nitrogens with zero attached hydrogens (tertiary/aromatic N) is 2. The summed E-state index contributed by atoms with van der Waals surface area (Å²) in [6.07, 6.45) is 4.86. The van der Waals surface area contributed by atoms with Crippen LogP contribution in [0.5, 0.6) is 0 Å². The lowest BCUT2D eigenvalue weighted by Crippen LogP contribution is -2.46. The first-order chi connectivity index (χ1) is 8.13. The number of hydrogen-bond donors (Lipinski definition) is 1. The van der Waals surface area contributed by atoms with Crippen LogP contribution in [0.15, 0.2) is 0 Å². The van der Waals surface area contributed by atoms with Crippen molar-refractivity contribution in [1.29, 1.82) is 0 Å². The van der Waals surface area contributed by atoms with Gasteiger partial charge in [0.1, 0.15) is 0 Å². The number of likely N-dealkylation sites (tertiary alicyclic amines) is 1. The van der Waals surface area contributed by atoms with Crippen LogP contribution in [0.25, 0.3) is 0 Å². The lowest BCUT2D eigenvalue weighted by Gasteiger charge is -2.32. The van der Waals surface area contributed by atoms with Gasteiger partial charge in [0.05, 0.1) is 6.54 Å². The van der Waals surface area contributed by atoms with Gasteiger partial charge in [-0.3, -0.25) is 9.69 Å². The summed E-state index contributed by atoms with van der Waals surface area (Å²) in [6, 6.07) is 0.659. The molecule has 1 fully saturated rings. The normalized spacial score (nSPS) is 18.3. The van der Waals surface area contributed by atoms with Gasteiger partial charge in [-0.1, -0.05) is 13.3 Å². The second-order valence-electron chi connectivity index (χ2n) is 5.15. The Balaban J connectivity index is 2.15. The summed E-state index contributed by atoms with van der Waals surface area (Å²) >= 11 is 0. The molecule has 0 radical (unpaired) electrons. The van der Waals surface area contributed by atoms with Crippen molar-refractivity contribution in [2.24, 2.45) is 0 Å². The molecule has 1 aliphatic rings. The number of unbranched alkanes of at least 4 members (excludes halogenated alkanes) is 1. The molecule has 0 spiro atoms. The van der Waals surface area contributed by atoms with Crippen molar-refractivity contribution < 1.29 is 4.79 Å². The molecule has 0 aliphatic carbocycles. The van der Waals surface area contributed by atoms with Crippen LogP contribution in [0.1, 0.15) is 32.6 Å². The Morgan fingerprint density at radius 1 is 1.35 bits per heavy atom. The SMILES string of the molecule is CCCCNC1CCN(CC(=O)N(C)C)CC1. The maximum Gasteiger partial charge on any atom is 0.236 e. The lowest BCUT2D eigenvalue weighted by atomic mass is 10.0. The smallest absolute Gasteiger partial charge is 0.236 e. The van der Waals surface area contributed by atoms with Crippen molar-refractivity contribution >= 4 is 5.91 Å². The molecule has 0 unspecified atom stereocenters. The van der Waals surface area contributed by atoms with Crippen LogP contribution in [0.2, 0.25) is 0 Å². The molecule has 4 nitrogen and oxygen atoms in total. The lowest BCUT2D eigenvalue weighted by molar-refractivity contribution is -0.130. The highest BCUT2D eigenvalue weighted by molar-refractivity contribution is 5.77. The van der Waals surface area contributed by atoms with Crippen LogP contribution in [0.4, 0.5) is 0 Å². The summed E-state index contributed by atoms with van der Waals surface area (Å²) in [7, 11) is 3.64. The molecule has 1 N–H and O–H groups in total. The molecule has 17 heavy (non-hydrogen) atoms. The van der Waals surface area contributed by atoms with E-state index in [0.717, 1.165) is 19.6 Å². The highest BCUT2D eigenvalue weighted by atomic mass is 16.2. The zero-order chi connectivity index (χ0) is 12.7. The Labute approximate surface area is 105 Å². The molecule has 0 atom stereocenters. The third kappa shape index (κ3) is 5.50. The summed E-state index contributed by atoms with van der Waals surface area (Å²) < 4.78 is 0. The minimum absolute atomic E-state index is 0.211. The van der Waals surface area contributed by atoms with Gasteiger partial charge in [-0.05, 0) is 25.8 Å². The summed E-state index contributed by atoms with van der Waals surface area (Å²) in [4.78, 5) is 15.5. The fourth-order valence-electron chi connectivity index (χ4n) is 2.11. The minimum atomic E-state index is 0.211. The molecule has 1 aliphatic heterocycles. The van der Waals surface area contributed by atoms with Crippen LogP contribution in [0, 0.1) is 0 Å². The van der Waals surface area contributed by atoms with Gasteiger partial charge in [0, 0.05) is 33.2 Å². The van der Waals surface area contributed by atoms with Gasteiger partial charge in [0.25, 0.3) is 0 Å². The molecule has 0 aromatic carbocycles.